The fourth-order valence-corrected chi connectivity index (χ4v) is 3.51. The standard InChI is InChI=1S/C13H18BrNS/c14-10-12-6-7-15(11-12)8-9-16-13-4-2-1-3-5-13/h1-5,12H,6-11H2. The van der Waals surface area contributed by atoms with Gasteiger partial charge >= 0.3 is 0 Å². The Kier molecular flexibility index (Phi) is 5.20. The average Bonchev–Trinajstić information content (AvgIpc) is 2.78. The van der Waals surface area contributed by atoms with Crippen molar-refractivity contribution in [1.29, 1.82) is 0 Å². The van der Waals surface area contributed by atoms with Crippen LogP contribution >= 0.6 is 27.7 Å². The second-order valence-corrected chi connectivity index (χ2v) is 6.09. The van der Waals surface area contributed by atoms with Crippen molar-refractivity contribution in [3.8, 4) is 0 Å². The van der Waals surface area contributed by atoms with Gasteiger partial charge in [-0.2, -0.15) is 0 Å². The highest BCUT2D eigenvalue weighted by molar-refractivity contribution is 9.09. The molecule has 1 unspecified atom stereocenters. The SMILES string of the molecule is BrCC1CCN(CCSc2ccccc2)C1. The molecule has 1 aromatic rings. The molecule has 1 nitrogen and oxygen atoms in total. The maximum atomic E-state index is 3.58. The summed E-state index contributed by atoms with van der Waals surface area (Å²) in [4.78, 5) is 3.97. The van der Waals surface area contributed by atoms with Crippen LogP contribution in [-0.4, -0.2) is 35.6 Å². The Labute approximate surface area is 111 Å². The van der Waals surface area contributed by atoms with Crippen molar-refractivity contribution in [1.82, 2.24) is 4.90 Å². The van der Waals surface area contributed by atoms with Crippen LogP contribution < -0.4 is 0 Å². The van der Waals surface area contributed by atoms with Gasteiger partial charge < -0.3 is 4.90 Å². The van der Waals surface area contributed by atoms with Crippen molar-refractivity contribution < 1.29 is 0 Å². The van der Waals surface area contributed by atoms with E-state index < -0.39 is 0 Å². The predicted octanol–water partition coefficient (Wildman–Crippen LogP) is 3.50. The quantitative estimate of drug-likeness (QED) is 0.605. The zero-order valence-electron chi connectivity index (χ0n) is 9.44. The molecule has 0 amide bonds. The molecule has 1 fully saturated rings. The lowest BCUT2D eigenvalue weighted by Crippen LogP contribution is -2.23. The molecule has 0 radical (unpaired) electrons. The minimum absolute atomic E-state index is 0.877. The molecular formula is C13H18BrNS. The van der Waals surface area contributed by atoms with Gasteiger partial charge in [-0.05, 0) is 31.0 Å². The van der Waals surface area contributed by atoms with Crippen molar-refractivity contribution in [2.75, 3.05) is 30.7 Å². The number of hydrogen-bond acceptors (Lipinski definition) is 2. The second kappa shape index (κ2) is 6.67. The zero-order chi connectivity index (χ0) is 11.2. The number of thioether (sulfide) groups is 1. The van der Waals surface area contributed by atoms with E-state index in [1.807, 2.05) is 11.8 Å². The number of benzene rings is 1. The largest absolute Gasteiger partial charge is 0.302 e. The monoisotopic (exact) mass is 299 g/mol. The number of likely N-dealkylation sites (tertiary alicyclic amines) is 1. The molecule has 0 aromatic heterocycles. The van der Waals surface area contributed by atoms with E-state index in [0.717, 1.165) is 11.2 Å². The van der Waals surface area contributed by atoms with E-state index >= 15 is 0 Å². The van der Waals surface area contributed by atoms with Gasteiger partial charge in [0, 0.05) is 29.1 Å². The third-order valence-corrected chi connectivity index (χ3v) is 4.92. The van der Waals surface area contributed by atoms with E-state index in [1.165, 1.54) is 36.7 Å². The lowest BCUT2D eigenvalue weighted by molar-refractivity contribution is 0.350. The van der Waals surface area contributed by atoms with E-state index in [2.05, 4.69) is 51.2 Å². The third kappa shape index (κ3) is 3.79. The maximum Gasteiger partial charge on any atom is 0.0108 e. The Balaban J connectivity index is 1.65. The smallest absolute Gasteiger partial charge is 0.0108 e. The highest BCUT2D eigenvalue weighted by atomic mass is 79.9. The lowest BCUT2D eigenvalue weighted by Gasteiger charge is -2.14. The number of nitrogens with zero attached hydrogens (tertiary/aromatic N) is 1. The first kappa shape index (κ1) is 12.5. The molecule has 1 saturated heterocycles. The first-order valence-corrected chi connectivity index (χ1v) is 7.95. The molecule has 0 saturated carbocycles. The molecular weight excluding hydrogens is 282 g/mol. The molecule has 0 N–H and O–H groups in total. The summed E-state index contributed by atoms with van der Waals surface area (Å²) >= 11 is 5.54. The minimum Gasteiger partial charge on any atom is -0.302 e. The van der Waals surface area contributed by atoms with E-state index in [-0.39, 0.29) is 0 Å². The Morgan fingerprint density at radius 2 is 2.12 bits per heavy atom. The molecule has 1 aliphatic rings. The van der Waals surface area contributed by atoms with Crippen LogP contribution in [0.5, 0.6) is 0 Å². The molecule has 0 bridgehead atoms. The first-order chi connectivity index (χ1) is 7.88. The Bertz CT molecular complexity index is 304. The molecule has 16 heavy (non-hydrogen) atoms. The molecule has 0 aliphatic carbocycles. The Morgan fingerprint density at radius 3 is 2.81 bits per heavy atom. The predicted molar refractivity (Wildman–Crippen MR) is 75.5 cm³/mol. The highest BCUT2D eigenvalue weighted by Gasteiger charge is 2.20. The summed E-state index contributed by atoms with van der Waals surface area (Å²) in [7, 11) is 0. The van der Waals surface area contributed by atoms with Crippen LogP contribution in [0.25, 0.3) is 0 Å². The average molecular weight is 300 g/mol. The summed E-state index contributed by atoms with van der Waals surface area (Å²) in [6.45, 7) is 3.79. The van der Waals surface area contributed by atoms with E-state index in [4.69, 9.17) is 0 Å². The number of halogens is 1. The second-order valence-electron chi connectivity index (χ2n) is 4.27. The molecule has 1 aromatic carbocycles. The summed E-state index contributed by atoms with van der Waals surface area (Å²) in [5, 5.41) is 1.16. The molecule has 1 aliphatic heterocycles. The number of alkyl halides is 1. The van der Waals surface area contributed by atoms with Crippen molar-refractivity contribution >= 4 is 27.7 Å². The van der Waals surface area contributed by atoms with Crippen molar-refractivity contribution in [2.45, 2.75) is 11.3 Å². The lowest BCUT2D eigenvalue weighted by atomic mass is 10.2. The summed E-state index contributed by atoms with van der Waals surface area (Å²) in [6, 6.07) is 10.7. The summed E-state index contributed by atoms with van der Waals surface area (Å²) < 4.78 is 0. The number of rotatable bonds is 5. The number of hydrogen-bond donors (Lipinski definition) is 0. The maximum absolute atomic E-state index is 3.58. The van der Waals surface area contributed by atoms with E-state index in [1.54, 1.807) is 0 Å². The van der Waals surface area contributed by atoms with Crippen molar-refractivity contribution in [2.24, 2.45) is 5.92 Å². The Hall–Kier alpha value is 0.0100. The van der Waals surface area contributed by atoms with Gasteiger partial charge in [-0.25, -0.2) is 0 Å². The third-order valence-electron chi connectivity index (χ3n) is 3.01. The van der Waals surface area contributed by atoms with Gasteiger partial charge in [0.05, 0.1) is 0 Å². The fourth-order valence-electron chi connectivity index (χ4n) is 2.05. The van der Waals surface area contributed by atoms with Crippen molar-refractivity contribution in [3.63, 3.8) is 0 Å². The Morgan fingerprint density at radius 1 is 1.31 bits per heavy atom. The van der Waals surface area contributed by atoms with Crippen LogP contribution in [0.3, 0.4) is 0 Å². The van der Waals surface area contributed by atoms with E-state index in [9.17, 15) is 0 Å². The minimum atomic E-state index is 0.877. The zero-order valence-corrected chi connectivity index (χ0v) is 11.8. The van der Waals surface area contributed by atoms with Gasteiger partial charge in [0.15, 0.2) is 0 Å². The first-order valence-electron chi connectivity index (χ1n) is 5.84. The van der Waals surface area contributed by atoms with Crippen LogP contribution in [0.1, 0.15) is 6.42 Å². The summed E-state index contributed by atoms with van der Waals surface area (Å²) in [5.41, 5.74) is 0. The van der Waals surface area contributed by atoms with Gasteiger partial charge in [-0.3, -0.25) is 0 Å². The van der Waals surface area contributed by atoms with Crippen molar-refractivity contribution in [3.05, 3.63) is 30.3 Å². The van der Waals surface area contributed by atoms with Gasteiger partial charge in [0.2, 0.25) is 0 Å². The van der Waals surface area contributed by atoms with Gasteiger partial charge in [-0.15, -0.1) is 11.8 Å². The molecule has 2 rings (SSSR count). The van der Waals surface area contributed by atoms with E-state index in [0.29, 0.717) is 0 Å². The molecule has 1 atom stereocenters. The summed E-state index contributed by atoms with van der Waals surface area (Å²) in [5.74, 6) is 2.08. The molecule has 1 heterocycles. The van der Waals surface area contributed by atoms with Crippen LogP contribution in [-0.2, 0) is 0 Å². The van der Waals surface area contributed by atoms with Gasteiger partial charge in [0.25, 0.3) is 0 Å². The van der Waals surface area contributed by atoms with Gasteiger partial charge in [0.1, 0.15) is 0 Å². The van der Waals surface area contributed by atoms with Crippen LogP contribution in [0, 0.1) is 5.92 Å². The highest BCUT2D eigenvalue weighted by Crippen LogP contribution is 2.21. The fraction of sp³-hybridized carbons (Fsp3) is 0.538. The van der Waals surface area contributed by atoms with Crippen LogP contribution in [0.4, 0.5) is 0 Å². The van der Waals surface area contributed by atoms with Crippen LogP contribution in [0.2, 0.25) is 0 Å². The summed E-state index contributed by atoms with van der Waals surface area (Å²) in [6.07, 6.45) is 1.36. The molecule has 0 spiro atoms. The molecule has 88 valence electrons. The van der Waals surface area contributed by atoms with Gasteiger partial charge in [-0.1, -0.05) is 34.1 Å². The topological polar surface area (TPSA) is 3.24 Å². The normalized spacial score (nSPS) is 21.4. The molecule has 3 heteroatoms. The van der Waals surface area contributed by atoms with Crippen LogP contribution in [0.15, 0.2) is 35.2 Å².